The summed E-state index contributed by atoms with van der Waals surface area (Å²) in [6, 6.07) is 1.59. The topological polar surface area (TPSA) is 30.0 Å². The molecule has 3 heteroatoms. The van der Waals surface area contributed by atoms with E-state index >= 15 is 0 Å². The van der Waals surface area contributed by atoms with Gasteiger partial charge in [-0.2, -0.15) is 0 Å². The molecule has 0 N–H and O–H groups in total. The fraction of sp³-hybridized carbons (Fsp3) is 0.143. The van der Waals surface area contributed by atoms with Crippen LogP contribution < -0.4 is 0 Å². The minimum absolute atomic E-state index is 0.442. The Morgan fingerprint density at radius 3 is 2.90 bits per heavy atom. The van der Waals surface area contributed by atoms with Gasteiger partial charge in [0.25, 0.3) is 0 Å². The molecule has 0 saturated heterocycles. The molecule has 0 atom stereocenters. The zero-order valence-electron chi connectivity index (χ0n) is 5.47. The predicted octanol–water partition coefficient (Wildman–Crippen LogP) is 1.86. The number of hydrogen-bond donors (Lipinski definition) is 0. The third-order valence-corrected chi connectivity index (χ3v) is 1.71. The lowest BCUT2D eigenvalue weighted by atomic mass is 10.2. The normalized spacial score (nSPS) is 9.40. The molecule has 0 radical (unpaired) electrons. The van der Waals surface area contributed by atoms with Gasteiger partial charge in [0, 0.05) is 11.8 Å². The van der Waals surface area contributed by atoms with Crippen LogP contribution in [0.4, 0.5) is 0 Å². The first-order valence-corrected chi connectivity index (χ1v) is 3.20. The van der Waals surface area contributed by atoms with Crippen LogP contribution in [0, 0.1) is 6.92 Å². The lowest BCUT2D eigenvalue weighted by Gasteiger charge is -1.96. The molecule has 0 amide bonds. The molecule has 0 fully saturated rings. The van der Waals surface area contributed by atoms with Crippen LogP contribution in [0.3, 0.4) is 0 Å². The molecule has 0 saturated carbocycles. The molecule has 2 nitrogen and oxygen atoms in total. The number of aromatic nitrogens is 1. The average molecular weight is 156 g/mol. The third-order valence-electron chi connectivity index (χ3n) is 1.22. The SMILES string of the molecule is Cc1nccc(C=O)c1Cl. The molecular weight excluding hydrogens is 150 g/mol. The highest BCUT2D eigenvalue weighted by Gasteiger charge is 2.00. The Hall–Kier alpha value is -0.890. The third kappa shape index (κ3) is 1.16. The molecule has 0 spiro atoms. The zero-order valence-corrected chi connectivity index (χ0v) is 6.22. The molecule has 1 aromatic heterocycles. The molecule has 1 rings (SSSR count). The van der Waals surface area contributed by atoms with Crippen LogP contribution in [0.15, 0.2) is 12.3 Å². The molecule has 10 heavy (non-hydrogen) atoms. The fourth-order valence-corrected chi connectivity index (χ4v) is 0.815. The highest BCUT2D eigenvalue weighted by atomic mass is 35.5. The van der Waals surface area contributed by atoms with E-state index in [0.717, 1.165) is 6.29 Å². The van der Waals surface area contributed by atoms with Gasteiger partial charge in [-0.15, -0.1) is 0 Å². The Labute approximate surface area is 63.8 Å². The summed E-state index contributed by atoms with van der Waals surface area (Å²) in [6.07, 6.45) is 2.28. The Balaban J connectivity index is 3.27. The van der Waals surface area contributed by atoms with Gasteiger partial charge in [-0.1, -0.05) is 11.6 Å². The first-order valence-electron chi connectivity index (χ1n) is 2.82. The van der Waals surface area contributed by atoms with Crippen LogP contribution in [0.5, 0.6) is 0 Å². The van der Waals surface area contributed by atoms with Crippen molar-refractivity contribution in [3.63, 3.8) is 0 Å². The quantitative estimate of drug-likeness (QED) is 0.580. The minimum Gasteiger partial charge on any atom is -0.298 e. The van der Waals surface area contributed by atoms with Crippen molar-refractivity contribution in [3.05, 3.63) is 28.5 Å². The summed E-state index contributed by atoms with van der Waals surface area (Å²) in [4.78, 5) is 14.2. The maximum absolute atomic E-state index is 10.3. The van der Waals surface area contributed by atoms with E-state index in [2.05, 4.69) is 4.98 Å². The van der Waals surface area contributed by atoms with Gasteiger partial charge in [0.15, 0.2) is 6.29 Å². The molecule has 0 bridgehead atoms. The van der Waals surface area contributed by atoms with Crippen LogP contribution in [-0.4, -0.2) is 11.3 Å². The van der Waals surface area contributed by atoms with Gasteiger partial charge in [-0.05, 0) is 13.0 Å². The van der Waals surface area contributed by atoms with Crippen LogP contribution in [0.1, 0.15) is 16.1 Å². The number of nitrogens with zero attached hydrogens (tertiary/aromatic N) is 1. The molecule has 0 aliphatic rings. The van der Waals surface area contributed by atoms with Crippen LogP contribution in [0.25, 0.3) is 0 Å². The van der Waals surface area contributed by atoms with Crippen molar-refractivity contribution in [1.29, 1.82) is 0 Å². The van der Waals surface area contributed by atoms with E-state index < -0.39 is 0 Å². The number of halogens is 1. The summed E-state index contributed by atoms with van der Waals surface area (Å²) >= 11 is 5.70. The van der Waals surface area contributed by atoms with Crippen molar-refractivity contribution < 1.29 is 4.79 Å². The lowest BCUT2D eigenvalue weighted by molar-refractivity contribution is 0.112. The van der Waals surface area contributed by atoms with Crippen molar-refractivity contribution >= 4 is 17.9 Å². The van der Waals surface area contributed by atoms with Crippen molar-refractivity contribution in [3.8, 4) is 0 Å². The van der Waals surface area contributed by atoms with Crippen molar-refractivity contribution in [1.82, 2.24) is 4.98 Å². The van der Waals surface area contributed by atoms with Crippen LogP contribution in [-0.2, 0) is 0 Å². The average Bonchev–Trinajstić information content (AvgIpc) is 1.95. The van der Waals surface area contributed by atoms with Gasteiger partial charge >= 0.3 is 0 Å². The Morgan fingerprint density at radius 2 is 2.40 bits per heavy atom. The van der Waals surface area contributed by atoms with E-state index in [1.807, 2.05) is 0 Å². The number of carbonyl (C=O) groups is 1. The summed E-state index contributed by atoms with van der Waals surface area (Å²) in [5, 5.41) is 0.442. The Morgan fingerprint density at radius 1 is 1.70 bits per heavy atom. The van der Waals surface area contributed by atoms with Gasteiger partial charge in [0.05, 0.1) is 10.7 Å². The molecule has 0 aliphatic carbocycles. The first-order chi connectivity index (χ1) is 4.75. The number of carbonyl (C=O) groups excluding carboxylic acids is 1. The van der Waals surface area contributed by atoms with Crippen LogP contribution >= 0.6 is 11.6 Å². The molecule has 52 valence electrons. The molecule has 0 aliphatic heterocycles. The van der Waals surface area contributed by atoms with E-state index in [1.165, 1.54) is 0 Å². The summed E-state index contributed by atoms with van der Waals surface area (Å²) < 4.78 is 0. The smallest absolute Gasteiger partial charge is 0.151 e. The summed E-state index contributed by atoms with van der Waals surface area (Å²) in [7, 11) is 0. The summed E-state index contributed by atoms with van der Waals surface area (Å²) in [5.41, 5.74) is 1.18. The van der Waals surface area contributed by atoms with Crippen molar-refractivity contribution in [2.75, 3.05) is 0 Å². The number of hydrogen-bond acceptors (Lipinski definition) is 2. The number of aryl methyl sites for hydroxylation is 1. The lowest BCUT2D eigenvalue weighted by Crippen LogP contribution is -1.87. The second-order valence-electron chi connectivity index (χ2n) is 1.92. The highest BCUT2D eigenvalue weighted by molar-refractivity contribution is 6.33. The fourth-order valence-electron chi connectivity index (χ4n) is 0.659. The summed E-state index contributed by atoms with van der Waals surface area (Å²) in [6.45, 7) is 1.76. The van der Waals surface area contributed by atoms with Gasteiger partial charge in [0.1, 0.15) is 0 Å². The maximum atomic E-state index is 10.3. The summed E-state index contributed by atoms with van der Waals surface area (Å²) in [5.74, 6) is 0. The van der Waals surface area contributed by atoms with Crippen molar-refractivity contribution in [2.24, 2.45) is 0 Å². The van der Waals surface area contributed by atoms with Gasteiger partial charge in [-0.25, -0.2) is 0 Å². The van der Waals surface area contributed by atoms with Crippen LogP contribution in [0.2, 0.25) is 5.02 Å². The second kappa shape index (κ2) is 2.80. The van der Waals surface area contributed by atoms with E-state index in [4.69, 9.17) is 11.6 Å². The number of rotatable bonds is 1. The standard InChI is InChI=1S/C7H6ClNO/c1-5-7(8)6(4-10)2-3-9-5/h2-4H,1H3. The maximum Gasteiger partial charge on any atom is 0.151 e. The Bertz CT molecular complexity index is 260. The highest BCUT2D eigenvalue weighted by Crippen LogP contribution is 2.15. The van der Waals surface area contributed by atoms with Crippen molar-refractivity contribution in [2.45, 2.75) is 6.92 Å². The molecule has 1 aromatic rings. The zero-order chi connectivity index (χ0) is 7.56. The van der Waals surface area contributed by atoms with E-state index in [0.29, 0.717) is 16.3 Å². The molecular formula is C7H6ClNO. The van der Waals surface area contributed by atoms with E-state index in [9.17, 15) is 4.79 Å². The molecule has 0 aromatic carbocycles. The Kier molecular flexibility index (Phi) is 2.02. The number of aldehydes is 1. The van der Waals surface area contributed by atoms with E-state index in [-0.39, 0.29) is 0 Å². The predicted molar refractivity (Wildman–Crippen MR) is 39.4 cm³/mol. The monoisotopic (exact) mass is 155 g/mol. The minimum atomic E-state index is 0.442. The van der Waals surface area contributed by atoms with Gasteiger partial charge in [-0.3, -0.25) is 9.78 Å². The number of pyridine rings is 1. The molecule has 0 unspecified atom stereocenters. The largest absolute Gasteiger partial charge is 0.298 e. The van der Waals surface area contributed by atoms with E-state index in [1.54, 1.807) is 19.2 Å². The first kappa shape index (κ1) is 7.22. The second-order valence-corrected chi connectivity index (χ2v) is 2.30. The van der Waals surface area contributed by atoms with Gasteiger partial charge in [0.2, 0.25) is 0 Å². The molecule has 1 heterocycles. The van der Waals surface area contributed by atoms with Gasteiger partial charge < -0.3 is 0 Å².